The van der Waals surface area contributed by atoms with Gasteiger partial charge >= 0.3 is 0 Å². The zero-order chi connectivity index (χ0) is 9.97. The van der Waals surface area contributed by atoms with Crippen molar-refractivity contribution in [2.75, 3.05) is 31.2 Å². The number of hydrogen-bond acceptors (Lipinski definition) is 2. The van der Waals surface area contributed by atoms with Gasteiger partial charge in [-0.2, -0.15) is 0 Å². The fraction of sp³-hybridized carbons (Fsp3) is 0.400. The summed E-state index contributed by atoms with van der Waals surface area (Å²) in [6, 6.07) is 3.91. The van der Waals surface area contributed by atoms with E-state index in [1.807, 2.05) is 0 Å². The lowest BCUT2D eigenvalue weighted by Gasteiger charge is -2.29. The van der Waals surface area contributed by atoms with Crippen molar-refractivity contribution in [2.45, 2.75) is 0 Å². The van der Waals surface area contributed by atoms with E-state index in [1.54, 1.807) is 4.90 Å². The van der Waals surface area contributed by atoms with Gasteiger partial charge in [-0.25, -0.2) is 8.78 Å². The Kier molecular flexibility index (Phi) is 2.63. The number of halogens is 2. The quantitative estimate of drug-likeness (QED) is 0.683. The van der Waals surface area contributed by atoms with Crippen LogP contribution in [0.25, 0.3) is 0 Å². The van der Waals surface area contributed by atoms with Crippen LogP contribution in [0.5, 0.6) is 0 Å². The normalized spacial score (nSPS) is 17.1. The molecule has 0 spiro atoms. The molecule has 1 aromatic carbocycles. The van der Waals surface area contributed by atoms with Gasteiger partial charge in [0.2, 0.25) is 0 Å². The molecule has 0 bridgehead atoms. The van der Waals surface area contributed by atoms with E-state index >= 15 is 0 Å². The molecule has 0 unspecified atom stereocenters. The predicted octanol–water partition coefficient (Wildman–Crippen LogP) is 1.80. The molecule has 1 aromatic rings. The molecule has 1 aliphatic rings. The van der Waals surface area contributed by atoms with Gasteiger partial charge in [-0.3, -0.25) is 0 Å². The molecular weight excluding hydrogens is 188 g/mol. The minimum Gasteiger partial charge on any atom is -0.378 e. The molecule has 0 saturated carbocycles. The van der Waals surface area contributed by atoms with Crippen molar-refractivity contribution in [3.63, 3.8) is 0 Å². The van der Waals surface area contributed by atoms with Gasteiger partial charge in [-0.15, -0.1) is 0 Å². The van der Waals surface area contributed by atoms with Crippen molar-refractivity contribution in [1.82, 2.24) is 0 Å². The maximum absolute atomic E-state index is 13.3. The molecule has 2 rings (SSSR count). The Morgan fingerprint density at radius 2 is 1.64 bits per heavy atom. The SMILES string of the molecule is Fc1cccc(F)c1N1CCOCC1. The number of morpholine rings is 1. The molecule has 76 valence electrons. The Morgan fingerprint density at radius 3 is 2.21 bits per heavy atom. The first-order valence-electron chi connectivity index (χ1n) is 4.56. The van der Waals surface area contributed by atoms with Crippen molar-refractivity contribution in [3.05, 3.63) is 29.8 Å². The molecule has 2 nitrogen and oxygen atoms in total. The summed E-state index contributed by atoms with van der Waals surface area (Å²) in [7, 11) is 0. The molecule has 4 heteroatoms. The van der Waals surface area contributed by atoms with Crippen LogP contribution in [0, 0.1) is 11.6 Å². The summed E-state index contributed by atoms with van der Waals surface area (Å²) in [5.74, 6) is -1.02. The lowest BCUT2D eigenvalue weighted by atomic mass is 10.2. The fourth-order valence-corrected chi connectivity index (χ4v) is 1.58. The highest BCUT2D eigenvalue weighted by Gasteiger charge is 2.18. The molecule has 14 heavy (non-hydrogen) atoms. The maximum atomic E-state index is 13.3. The van der Waals surface area contributed by atoms with Gasteiger partial charge in [0.05, 0.1) is 13.2 Å². The van der Waals surface area contributed by atoms with Gasteiger partial charge in [-0.1, -0.05) is 6.07 Å². The van der Waals surface area contributed by atoms with Gasteiger partial charge in [0.1, 0.15) is 17.3 Å². The van der Waals surface area contributed by atoms with Gasteiger partial charge in [-0.05, 0) is 12.1 Å². The molecule has 1 heterocycles. The van der Waals surface area contributed by atoms with Crippen LogP contribution < -0.4 is 4.90 Å². The molecule has 0 aliphatic carbocycles. The van der Waals surface area contributed by atoms with Crippen molar-refractivity contribution in [2.24, 2.45) is 0 Å². The first-order chi connectivity index (χ1) is 6.79. The Labute approximate surface area is 81.1 Å². The summed E-state index contributed by atoms with van der Waals surface area (Å²) in [4.78, 5) is 1.67. The number of ether oxygens (including phenoxy) is 1. The molecule has 0 radical (unpaired) electrons. The number of para-hydroxylation sites is 1. The van der Waals surface area contributed by atoms with Crippen molar-refractivity contribution in [1.29, 1.82) is 0 Å². The third-order valence-electron chi connectivity index (χ3n) is 2.26. The Bertz CT molecular complexity index is 304. The number of rotatable bonds is 1. The van der Waals surface area contributed by atoms with Crippen LogP contribution in [0.3, 0.4) is 0 Å². The van der Waals surface area contributed by atoms with Crippen LogP contribution in [0.1, 0.15) is 0 Å². The largest absolute Gasteiger partial charge is 0.378 e. The third-order valence-corrected chi connectivity index (χ3v) is 2.26. The predicted molar refractivity (Wildman–Crippen MR) is 49.4 cm³/mol. The molecular formula is C10H11F2NO. The van der Waals surface area contributed by atoms with E-state index in [1.165, 1.54) is 18.2 Å². The van der Waals surface area contributed by atoms with Gasteiger partial charge in [0.15, 0.2) is 0 Å². The van der Waals surface area contributed by atoms with E-state index in [2.05, 4.69) is 0 Å². The third kappa shape index (κ3) is 1.70. The highest BCUT2D eigenvalue weighted by Crippen LogP contribution is 2.23. The van der Waals surface area contributed by atoms with Crippen LogP contribution in [0.15, 0.2) is 18.2 Å². The standard InChI is InChI=1S/C10H11F2NO/c11-8-2-1-3-9(12)10(8)13-4-6-14-7-5-13/h1-3H,4-7H2. The number of nitrogens with zero attached hydrogens (tertiary/aromatic N) is 1. The van der Waals surface area contributed by atoms with Crippen LogP contribution in [0.4, 0.5) is 14.5 Å². The van der Waals surface area contributed by atoms with E-state index in [0.29, 0.717) is 26.3 Å². The second-order valence-electron chi connectivity index (χ2n) is 3.17. The first kappa shape index (κ1) is 9.40. The molecule has 1 fully saturated rings. The number of hydrogen-bond donors (Lipinski definition) is 0. The summed E-state index contributed by atoms with van der Waals surface area (Å²) in [5.41, 5.74) is 0.0656. The Balaban J connectivity index is 2.29. The summed E-state index contributed by atoms with van der Waals surface area (Å²) in [6.07, 6.45) is 0. The monoisotopic (exact) mass is 199 g/mol. The van der Waals surface area contributed by atoms with Crippen LogP contribution >= 0.6 is 0 Å². The first-order valence-corrected chi connectivity index (χ1v) is 4.56. The molecule has 0 aromatic heterocycles. The highest BCUT2D eigenvalue weighted by atomic mass is 19.1. The lowest BCUT2D eigenvalue weighted by molar-refractivity contribution is 0.122. The maximum Gasteiger partial charge on any atom is 0.149 e. The second-order valence-corrected chi connectivity index (χ2v) is 3.17. The molecule has 0 atom stereocenters. The van der Waals surface area contributed by atoms with E-state index in [-0.39, 0.29) is 5.69 Å². The summed E-state index contributed by atoms with van der Waals surface area (Å²) < 4.78 is 31.7. The summed E-state index contributed by atoms with van der Waals surface area (Å²) >= 11 is 0. The minimum absolute atomic E-state index is 0.0656. The van der Waals surface area contributed by atoms with E-state index in [9.17, 15) is 8.78 Å². The highest BCUT2D eigenvalue weighted by molar-refractivity contribution is 5.49. The fourth-order valence-electron chi connectivity index (χ4n) is 1.58. The Hall–Kier alpha value is -1.16. The van der Waals surface area contributed by atoms with Gasteiger partial charge in [0.25, 0.3) is 0 Å². The smallest absolute Gasteiger partial charge is 0.149 e. The van der Waals surface area contributed by atoms with Crippen molar-refractivity contribution >= 4 is 5.69 Å². The van der Waals surface area contributed by atoms with Crippen molar-refractivity contribution < 1.29 is 13.5 Å². The zero-order valence-electron chi connectivity index (χ0n) is 7.67. The van der Waals surface area contributed by atoms with Gasteiger partial charge < -0.3 is 9.64 Å². The average molecular weight is 199 g/mol. The molecule has 1 saturated heterocycles. The number of anilines is 1. The van der Waals surface area contributed by atoms with Crippen LogP contribution in [0.2, 0.25) is 0 Å². The molecule has 0 N–H and O–H groups in total. The number of benzene rings is 1. The summed E-state index contributed by atoms with van der Waals surface area (Å²) in [6.45, 7) is 2.12. The van der Waals surface area contributed by atoms with E-state index < -0.39 is 11.6 Å². The van der Waals surface area contributed by atoms with Crippen LogP contribution in [-0.4, -0.2) is 26.3 Å². The minimum atomic E-state index is -0.508. The van der Waals surface area contributed by atoms with E-state index in [4.69, 9.17) is 4.74 Å². The topological polar surface area (TPSA) is 12.5 Å². The second kappa shape index (κ2) is 3.92. The Morgan fingerprint density at radius 1 is 1.07 bits per heavy atom. The zero-order valence-corrected chi connectivity index (χ0v) is 7.67. The lowest BCUT2D eigenvalue weighted by Crippen LogP contribution is -2.37. The van der Waals surface area contributed by atoms with Crippen molar-refractivity contribution in [3.8, 4) is 0 Å². The molecule has 1 aliphatic heterocycles. The molecule has 0 amide bonds. The van der Waals surface area contributed by atoms with Gasteiger partial charge in [0, 0.05) is 13.1 Å². The summed E-state index contributed by atoms with van der Waals surface area (Å²) in [5, 5.41) is 0. The average Bonchev–Trinajstić information content (AvgIpc) is 2.19. The van der Waals surface area contributed by atoms with E-state index in [0.717, 1.165) is 0 Å². The van der Waals surface area contributed by atoms with Crippen LogP contribution in [-0.2, 0) is 4.74 Å².